The average molecular weight is 384 g/mol. The van der Waals surface area contributed by atoms with Gasteiger partial charge >= 0.3 is 0 Å². The van der Waals surface area contributed by atoms with Crippen molar-refractivity contribution in [2.45, 2.75) is 0 Å². The largest absolute Gasteiger partial charge is 0.497 e. The Morgan fingerprint density at radius 1 is 0.897 bits per heavy atom. The molecule has 1 amide bonds. The van der Waals surface area contributed by atoms with Crippen LogP contribution >= 0.6 is 0 Å². The van der Waals surface area contributed by atoms with Gasteiger partial charge in [0.05, 0.1) is 18.4 Å². The number of aromatic nitrogens is 1. The van der Waals surface area contributed by atoms with Gasteiger partial charge in [-0.2, -0.15) is 0 Å². The summed E-state index contributed by atoms with van der Waals surface area (Å²) in [4.78, 5) is 28.1. The van der Waals surface area contributed by atoms with Gasteiger partial charge in [0.2, 0.25) is 0 Å². The Hall–Kier alpha value is -3.86. The van der Waals surface area contributed by atoms with Gasteiger partial charge in [-0.1, -0.05) is 42.5 Å². The fourth-order valence-corrected chi connectivity index (χ4v) is 3.36. The van der Waals surface area contributed by atoms with E-state index in [4.69, 9.17) is 4.74 Å². The highest BCUT2D eigenvalue weighted by Gasteiger charge is 2.19. The molecular weight excluding hydrogens is 364 g/mol. The summed E-state index contributed by atoms with van der Waals surface area (Å²) in [5, 5.41) is 1.12. The van der Waals surface area contributed by atoms with Crippen LogP contribution < -0.4 is 15.2 Å². The third kappa shape index (κ3) is 3.38. The van der Waals surface area contributed by atoms with E-state index >= 15 is 0 Å². The second-order valence-corrected chi connectivity index (χ2v) is 6.66. The smallest absolute Gasteiger partial charge is 0.262 e. The number of carbonyl (C=O) groups is 1. The van der Waals surface area contributed by atoms with Crippen molar-refractivity contribution in [3.63, 3.8) is 0 Å². The maximum Gasteiger partial charge on any atom is 0.262 e. The summed E-state index contributed by atoms with van der Waals surface area (Å²) in [6.07, 6.45) is 1.61. The number of rotatable bonds is 4. The molecule has 0 unspecified atom stereocenters. The Labute approximate surface area is 168 Å². The molecule has 0 saturated heterocycles. The van der Waals surface area contributed by atoms with Gasteiger partial charge in [0.15, 0.2) is 0 Å². The van der Waals surface area contributed by atoms with Crippen LogP contribution in [0.15, 0.2) is 89.9 Å². The molecule has 1 aromatic heterocycles. The topological polar surface area (TPSA) is 51.5 Å². The Kier molecular flexibility index (Phi) is 4.87. The molecule has 5 nitrogen and oxygen atoms in total. The Morgan fingerprint density at radius 2 is 1.59 bits per heavy atom. The van der Waals surface area contributed by atoms with E-state index in [9.17, 15) is 9.59 Å². The van der Waals surface area contributed by atoms with E-state index in [-0.39, 0.29) is 11.5 Å². The molecule has 0 bridgehead atoms. The zero-order valence-electron chi connectivity index (χ0n) is 16.2. The Balaban J connectivity index is 1.93. The molecule has 0 fully saturated rings. The summed E-state index contributed by atoms with van der Waals surface area (Å²) in [5.74, 6) is 0.445. The van der Waals surface area contributed by atoms with Crippen molar-refractivity contribution in [3.05, 3.63) is 101 Å². The third-order valence-corrected chi connectivity index (χ3v) is 4.93. The summed E-state index contributed by atoms with van der Waals surface area (Å²) in [5.41, 5.74) is 1.68. The highest BCUT2D eigenvalue weighted by atomic mass is 16.5. The molecule has 1 heterocycles. The van der Waals surface area contributed by atoms with Crippen molar-refractivity contribution in [2.24, 2.45) is 0 Å². The molecule has 0 aliphatic rings. The Morgan fingerprint density at radius 3 is 2.31 bits per heavy atom. The standard InChI is InChI=1S/C24H20N2O3/c1-25(17-9-4-3-5-10-17)23(27)22-16-26(18-11-8-12-19(15-18)29-2)24(28)21-14-7-6-13-20(21)22/h3-16H,1-2H3. The van der Waals surface area contributed by atoms with Gasteiger partial charge in [-0.3, -0.25) is 14.2 Å². The number of amides is 1. The van der Waals surface area contributed by atoms with Crippen molar-refractivity contribution in [3.8, 4) is 11.4 Å². The van der Waals surface area contributed by atoms with Crippen LogP contribution in [0.1, 0.15) is 10.4 Å². The highest BCUT2D eigenvalue weighted by Crippen LogP contribution is 2.23. The lowest BCUT2D eigenvalue weighted by molar-refractivity contribution is 0.0994. The normalized spacial score (nSPS) is 10.7. The minimum Gasteiger partial charge on any atom is -0.497 e. The fraction of sp³-hybridized carbons (Fsp3) is 0.0833. The maximum absolute atomic E-state index is 13.4. The molecule has 0 aliphatic heterocycles. The number of hydrogen-bond donors (Lipinski definition) is 0. The second-order valence-electron chi connectivity index (χ2n) is 6.66. The molecule has 4 rings (SSSR count). The van der Waals surface area contributed by atoms with E-state index in [1.807, 2.05) is 54.6 Å². The van der Waals surface area contributed by atoms with E-state index in [0.29, 0.717) is 27.8 Å². The molecule has 0 radical (unpaired) electrons. The lowest BCUT2D eigenvalue weighted by Gasteiger charge is -2.19. The van der Waals surface area contributed by atoms with Crippen LogP contribution in [0, 0.1) is 0 Å². The lowest BCUT2D eigenvalue weighted by Crippen LogP contribution is -2.29. The number of methoxy groups -OCH3 is 1. The number of carbonyl (C=O) groups excluding carboxylic acids is 1. The highest BCUT2D eigenvalue weighted by molar-refractivity contribution is 6.13. The van der Waals surface area contributed by atoms with Gasteiger partial charge in [0, 0.05) is 35.8 Å². The molecule has 29 heavy (non-hydrogen) atoms. The quantitative estimate of drug-likeness (QED) is 0.528. The van der Waals surface area contributed by atoms with E-state index in [1.165, 1.54) is 4.57 Å². The van der Waals surface area contributed by atoms with Crippen LogP contribution in [0.2, 0.25) is 0 Å². The monoisotopic (exact) mass is 384 g/mol. The Bertz CT molecular complexity index is 1250. The summed E-state index contributed by atoms with van der Waals surface area (Å²) in [6, 6.07) is 23.8. The van der Waals surface area contributed by atoms with Gasteiger partial charge in [0.1, 0.15) is 5.75 Å². The maximum atomic E-state index is 13.4. The first-order chi connectivity index (χ1) is 14.1. The number of pyridine rings is 1. The van der Waals surface area contributed by atoms with Crippen LogP contribution in [0.5, 0.6) is 5.75 Å². The zero-order chi connectivity index (χ0) is 20.4. The first-order valence-electron chi connectivity index (χ1n) is 9.22. The van der Waals surface area contributed by atoms with Crippen molar-refractivity contribution < 1.29 is 9.53 Å². The summed E-state index contributed by atoms with van der Waals surface area (Å²) in [7, 11) is 3.31. The first-order valence-corrected chi connectivity index (χ1v) is 9.22. The number of para-hydroxylation sites is 1. The minimum absolute atomic E-state index is 0.187. The van der Waals surface area contributed by atoms with Crippen molar-refractivity contribution in [1.82, 2.24) is 4.57 Å². The molecule has 0 spiro atoms. The van der Waals surface area contributed by atoms with Crippen LogP contribution in [0.25, 0.3) is 16.5 Å². The van der Waals surface area contributed by atoms with Gasteiger partial charge in [-0.25, -0.2) is 0 Å². The van der Waals surface area contributed by atoms with Gasteiger partial charge < -0.3 is 9.64 Å². The molecule has 0 aliphatic carbocycles. The third-order valence-electron chi connectivity index (χ3n) is 4.93. The van der Waals surface area contributed by atoms with Gasteiger partial charge in [-0.05, 0) is 30.3 Å². The number of fused-ring (bicyclic) bond motifs is 1. The number of hydrogen-bond acceptors (Lipinski definition) is 3. The van der Waals surface area contributed by atoms with Crippen molar-refractivity contribution >= 4 is 22.4 Å². The number of benzene rings is 3. The molecule has 0 saturated carbocycles. The summed E-state index contributed by atoms with van der Waals surface area (Å²) >= 11 is 0. The molecule has 5 heteroatoms. The van der Waals surface area contributed by atoms with Crippen LogP contribution in [0.3, 0.4) is 0 Å². The van der Waals surface area contributed by atoms with Gasteiger partial charge in [0.25, 0.3) is 11.5 Å². The van der Waals surface area contributed by atoms with E-state index < -0.39 is 0 Å². The number of ether oxygens (including phenoxy) is 1. The summed E-state index contributed by atoms with van der Waals surface area (Å²) in [6.45, 7) is 0. The summed E-state index contributed by atoms with van der Waals surface area (Å²) < 4.78 is 6.78. The molecule has 144 valence electrons. The fourth-order valence-electron chi connectivity index (χ4n) is 3.36. The lowest BCUT2D eigenvalue weighted by atomic mass is 10.1. The molecule has 0 N–H and O–H groups in total. The number of anilines is 1. The van der Waals surface area contributed by atoms with E-state index in [2.05, 4.69) is 0 Å². The zero-order valence-corrected chi connectivity index (χ0v) is 16.2. The van der Waals surface area contributed by atoms with E-state index in [0.717, 1.165) is 5.69 Å². The molecular formula is C24H20N2O3. The average Bonchev–Trinajstić information content (AvgIpc) is 2.79. The van der Waals surface area contributed by atoms with Gasteiger partial charge in [-0.15, -0.1) is 0 Å². The number of nitrogens with zero attached hydrogens (tertiary/aromatic N) is 2. The van der Waals surface area contributed by atoms with E-state index in [1.54, 1.807) is 49.5 Å². The second kappa shape index (κ2) is 7.64. The van der Waals surface area contributed by atoms with Crippen LogP contribution in [-0.2, 0) is 0 Å². The molecule has 3 aromatic carbocycles. The minimum atomic E-state index is -0.191. The van der Waals surface area contributed by atoms with Crippen molar-refractivity contribution in [2.75, 3.05) is 19.1 Å². The predicted molar refractivity (Wildman–Crippen MR) is 115 cm³/mol. The molecule has 0 atom stereocenters. The van der Waals surface area contributed by atoms with Crippen molar-refractivity contribution in [1.29, 1.82) is 0 Å². The predicted octanol–water partition coefficient (Wildman–Crippen LogP) is 4.28. The van der Waals surface area contributed by atoms with Crippen LogP contribution in [0.4, 0.5) is 5.69 Å². The molecule has 4 aromatic rings. The first kappa shape index (κ1) is 18.5. The SMILES string of the molecule is COc1cccc(-n2cc(C(=O)N(C)c3ccccc3)c3ccccc3c2=O)c1. The van der Waals surface area contributed by atoms with Crippen LogP contribution in [-0.4, -0.2) is 24.6 Å².